The van der Waals surface area contributed by atoms with E-state index in [9.17, 15) is 0 Å². The first kappa shape index (κ1) is 16.0. The van der Waals surface area contributed by atoms with Crippen LogP contribution in [0.5, 0.6) is 5.75 Å². The van der Waals surface area contributed by atoms with Crippen LogP contribution in [-0.2, 0) is 6.42 Å². The van der Waals surface area contributed by atoms with Gasteiger partial charge in [0.25, 0.3) is 0 Å². The molecule has 2 nitrogen and oxygen atoms in total. The number of ether oxygens (including phenoxy) is 1. The third-order valence-electron chi connectivity index (χ3n) is 3.23. The van der Waals surface area contributed by atoms with Gasteiger partial charge in [0.1, 0.15) is 5.75 Å². The Morgan fingerprint density at radius 2 is 1.58 bits per heavy atom. The molecule has 0 heterocycles. The standard InChI is InChI=1S/C17H28O2/c1-14(2)8-6-4-5-7-9-16-10-12-17(13-11-16)19-15(3)18/h10-15,18H,4-9H2,1-3H3. The third kappa shape index (κ3) is 7.89. The Morgan fingerprint density at radius 3 is 2.16 bits per heavy atom. The van der Waals surface area contributed by atoms with E-state index in [1.54, 1.807) is 6.92 Å². The molecule has 0 aliphatic carbocycles. The quantitative estimate of drug-likeness (QED) is 0.523. The Bertz CT molecular complexity index is 328. The highest BCUT2D eigenvalue weighted by Crippen LogP contribution is 2.16. The van der Waals surface area contributed by atoms with Crippen molar-refractivity contribution in [1.29, 1.82) is 0 Å². The fourth-order valence-corrected chi connectivity index (χ4v) is 2.17. The number of unbranched alkanes of at least 4 members (excludes halogenated alkanes) is 3. The number of benzene rings is 1. The lowest BCUT2D eigenvalue weighted by Crippen LogP contribution is -2.09. The first-order valence-electron chi connectivity index (χ1n) is 7.51. The average Bonchev–Trinajstić information content (AvgIpc) is 2.34. The van der Waals surface area contributed by atoms with Crippen molar-refractivity contribution < 1.29 is 9.84 Å². The summed E-state index contributed by atoms with van der Waals surface area (Å²) in [5.74, 6) is 1.57. The number of aliphatic hydroxyl groups excluding tert-OH is 1. The second-order valence-corrected chi connectivity index (χ2v) is 5.71. The van der Waals surface area contributed by atoms with Crippen molar-refractivity contribution in [1.82, 2.24) is 0 Å². The molecule has 0 aliphatic rings. The van der Waals surface area contributed by atoms with Crippen molar-refractivity contribution in [3.8, 4) is 5.75 Å². The van der Waals surface area contributed by atoms with Crippen molar-refractivity contribution in [2.75, 3.05) is 0 Å². The van der Waals surface area contributed by atoms with Gasteiger partial charge in [-0.2, -0.15) is 0 Å². The van der Waals surface area contributed by atoms with E-state index in [1.165, 1.54) is 37.7 Å². The molecule has 1 unspecified atom stereocenters. The summed E-state index contributed by atoms with van der Waals surface area (Å²) in [5, 5.41) is 9.12. The van der Waals surface area contributed by atoms with Crippen LogP contribution in [0.4, 0.5) is 0 Å². The summed E-state index contributed by atoms with van der Waals surface area (Å²) in [6.45, 7) is 6.19. The van der Waals surface area contributed by atoms with Gasteiger partial charge in [-0.1, -0.05) is 51.7 Å². The summed E-state index contributed by atoms with van der Waals surface area (Å²) in [6, 6.07) is 8.04. The molecule has 0 fully saturated rings. The zero-order chi connectivity index (χ0) is 14.1. The fraction of sp³-hybridized carbons (Fsp3) is 0.647. The summed E-state index contributed by atoms with van der Waals surface area (Å²) in [5.41, 5.74) is 1.35. The molecule has 1 rings (SSSR count). The fourth-order valence-electron chi connectivity index (χ4n) is 2.17. The summed E-state index contributed by atoms with van der Waals surface area (Å²) in [4.78, 5) is 0. The molecular weight excluding hydrogens is 236 g/mol. The SMILES string of the molecule is CC(C)CCCCCCc1ccc(OC(C)O)cc1. The van der Waals surface area contributed by atoms with Crippen molar-refractivity contribution in [3.05, 3.63) is 29.8 Å². The Labute approximate surface area is 117 Å². The number of hydrogen-bond acceptors (Lipinski definition) is 2. The predicted octanol–water partition coefficient (Wildman–Crippen LogP) is 4.55. The molecule has 0 saturated heterocycles. The van der Waals surface area contributed by atoms with Crippen molar-refractivity contribution in [2.45, 2.75) is 65.6 Å². The molecule has 1 aromatic carbocycles. The Balaban J connectivity index is 2.16. The molecule has 1 N–H and O–H groups in total. The highest BCUT2D eigenvalue weighted by Gasteiger charge is 1.99. The van der Waals surface area contributed by atoms with Gasteiger partial charge in [-0.25, -0.2) is 0 Å². The van der Waals surface area contributed by atoms with Gasteiger partial charge in [-0.05, 0) is 43.4 Å². The van der Waals surface area contributed by atoms with Crippen LogP contribution in [0.2, 0.25) is 0 Å². The molecule has 2 heteroatoms. The van der Waals surface area contributed by atoms with Crippen molar-refractivity contribution in [3.63, 3.8) is 0 Å². The highest BCUT2D eigenvalue weighted by molar-refractivity contribution is 5.27. The van der Waals surface area contributed by atoms with Crippen molar-refractivity contribution in [2.24, 2.45) is 5.92 Å². The maximum atomic E-state index is 9.12. The van der Waals surface area contributed by atoms with Gasteiger partial charge in [0.15, 0.2) is 6.29 Å². The second-order valence-electron chi connectivity index (χ2n) is 5.71. The van der Waals surface area contributed by atoms with Gasteiger partial charge >= 0.3 is 0 Å². The van der Waals surface area contributed by atoms with Gasteiger partial charge in [-0.15, -0.1) is 0 Å². The summed E-state index contributed by atoms with van der Waals surface area (Å²) < 4.78 is 5.20. The molecule has 0 aliphatic heterocycles. The van der Waals surface area contributed by atoms with Gasteiger partial charge in [-0.3, -0.25) is 0 Å². The first-order chi connectivity index (χ1) is 9.08. The largest absolute Gasteiger partial charge is 0.465 e. The van der Waals surface area contributed by atoms with Crippen LogP contribution in [0, 0.1) is 5.92 Å². The minimum absolute atomic E-state index is 0.732. The lowest BCUT2D eigenvalue weighted by Gasteiger charge is -2.09. The molecule has 0 amide bonds. The van der Waals surface area contributed by atoms with E-state index in [-0.39, 0.29) is 0 Å². The van der Waals surface area contributed by atoms with Crippen LogP contribution in [-0.4, -0.2) is 11.4 Å². The van der Waals surface area contributed by atoms with E-state index in [4.69, 9.17) is 9.84 Å². The average molecular weight is 264 g/mol. The molecular formula is C17H28O2. The molecule has 0 radical (unpaired) electrons. The monoisotopic (exact) mass is 264 g/mol. The van der Waals surface area contributed by atoms with E-state index in [0.29, 0.717) is 0 Å². The first-order valence-corrected chi connectivity index (χ1v) is 7.51. The van der Waals surface area contributed by atoms with E-state index in [0.717, 1.165) is 18.1 Å². The maximum Gasteiger partial charge on any atom is 0.194 e. The van der Waals surface area contributed by atoms with Gasteiger partial charge in [0.2, 0.25) is 0 Å². The van der Waals surface area contributed by atoms with E-state index < -0.39 is 6.29 Å². The van der Waals surface area contributed by atoms with Gasteiger partial charge in [0, 0.05) is 0 Å². The van der Waals surface area contributed by atoms with Crippen LogP contribution in [0.25, 0.3) is 0 Å². The molecule has 19 heavy (non-hydrogen) atoms. The van der Waals surface area contributed by atoms with Gasteiger partial charge < -0.3 is 9.84 Å². The molecule has 1 atom stereocenters. The summed E-state index contributed by atoms with van der Waals surface area (Å²) in [7, 11) is 0. The second kappa shape index (κ2) is 8.98. The molecule has 0 aromatic heterocycles. The zero-order valence-corrected chi connectivity index (χ0v) is 12.6. The molecule has 0 bridgehead atoms. The molecule has 0 saturated carbocycles. The third-order valence-corrected chi connectivity index (χ3v) is 3.23. The van der Waals surface area contributed by atoms with Gasteiger partial charge in [0.05, 0.1) is 0 Å². The lowest BCUT2D eigenvalue weighted by molar-refractivity contribution is -0.000303. The van der Waals surface area contributed by atoms with Crippen LogP contribution < -0.4 is 4.74 Å². The normalized spacial score (nSPS) is 12.7. The smallest absolute Gasteiger partial charge is 0.194 e. The zero-order valence-electron chi connectivity index (χ0n) is 12.6. The minimum Gasteiger partial charge on any atom is -0.465 e. The topological polar surface area (TPSA) is 29.5 Å². The predicted molar refractivity (Wildman–Crippen MR) is 80.4 cm³/mol. The Hall–Kier alpha value is -1.02. The Morgan fingerprint density at radius 1 is 0.947 bits per heavy atom. The maximum absolute atomic E-state index is 9.12. The van der Waals surface area contributed by atoms with E-state index in [2.05, 4.69) is 26.0 Å². The number of hydrogen-bond donors (Lipinski definition) is 1. The summed E-state index contributed by atoms with van der Waals surface area (Å²) in [6.07, 6.45) is 7.03. The Kier molecular flexibility index (Phi) is 7.57. The lowest BCUT2D eigenvalue weighted by atomic mass is 10.0. The number of aliphatic hydroxyl groups is 1. The van der Waals surface area contributed by atoms with Crippen LogP contribution in [0.15, 0.2) is 24.3 Å². The van der Waals surface area contributed by atoms with E-state index in [1.807, 2.05) is 12.1 Å². The van der Waals surface area contributed by atoms with Crippen LogP contribution >= 0.6 is 0 Å². The molecule has 0 spiro atoms. The molecule has 108 valence electrons. The number of rotatable bonds is 9. The minimum atomic E-state index is -0.744. The highest BCUT2D eigenvalue weighted by atomic mass is 16.6. The van der Waals surface area contributed by atoms with Crippen LogP contribution in [0.3, 0.4) is 0 Å². The van der Waals surface area contributed by atoms with Crippen LogP contribution in [0.1, 0.15) is 58.4 Å². The van der Waals surface area contributed by atoms with Crippen molar-refractivity contribution >= 4 is 0 Å². The summed E-state index contributed by atoms with van der Waals surface area (Å²) >= 11 is 0. The van der Waals surface area contributed by atoms with E-state index >= 15 is 0 Å². The number of aryl methyl sites for hydroxylation is 1. The molecule has 1 aromatic rings.